The Labute approximate surface area is 179 Å². The summed E-state index contributed by atoms with van der Waals surface area (Å²) in [7, 11) is 0. The Hall–Kier alpha value is -3.86. The fraction of sp³-hybridized carbons (Fsp3) is 0.154. The van der Waals surface area contributed by atoms with Crippen molar-refractivity contribution in [3.05, 3.63) is 88.3 Å². The van der Waals surface area contributed by atoms with Gasteiger partial charge >= 0.3 is 5.97 Å². The lowest BCUT2D eigenvalue weighted by atomic mass is 10.1. The molecule has 0 radical (unpaired) electrons. The van der Waals surface area contributed by atoms with Gasteiger partial charge in [-0.15, -0.1) is 0 Å². The lowest BCUT2D eigenvalue weighted by Crippen LogP contribution is -2.09. The Morgan fingerprint density at radius 3 is 2.29 bits per heavy atom. The molecule has 0 saturated carbocycles. The van der Waals surface area contributed by atoms with Crippen molar-refractivity contribution in [1.82, 2.24) is 0 Å². The van der Waals surface area contributed by atoms with Gasteiger partial charge in [0.05, 0.1) is 5.39 Å². The molecular formula is C26H22O5. The average molecular weight is 414 g/mol. The molecule has 4 aromatic rings. The van der Waals surface area contributed by atoms with Crippen LogP contribution in [0.4, 0.5) is 0 Å². The van der Waals surface area contributed by atoms with Crippen LogP contribution in [0.2, 0.25) is 0 Å². The van der Waals surface area contributed by atoms with Gasteiger partial charge in [0.2, 0.25) is 11.2 Å². The number of hydrogen-bond acceptors (Lipinski definition) is 5. The summed E-state index contributed by atoms with van der Waals surface area (Å²) in [5, 5.41) is 0.384. The minimum Gasteiger partial charge on any atom is -0.457 e. The maximum atomic E-state index is 13.2. The van der Waals surface area contributed by atoms with Crippen molar-refractivity contribution in [1.29, 1.82) is 0 Å². The van der Waals surface area contributed by atoms with Gasteiger partial charge in [-0.1, -0.05) is 49.4 Å². The van der Waals surface area contributed by atoms with E-state index in [1.807, 2.05) is 61.5 Å². The smallest absolute Gasteiger partial charge is 0.308 e. The molecule has 1 aromatic heterocycles. The zero-order valence-corrected chi connectivity index (χ0v) is 17.6. The van der Waals surface area contributed by atoms with E-state index in [1.165, 1.54) is 6.92 Å². The summed E-state index contributed by atoms with van der Waals surface area (Å²) < 4.78 is 17.0. The molecule has 0 aliphatic rings. The molecule has 5 heteroatoms. The van der Waals surface area contributed by atoms with Gasteiger partial charge in [-0.25, -0.2) is 0 Å². The predicted octanol–water partition coefficient (Wildman–Crippen LogP) is 6.05. The van der Waals surface area contributed by atoms with Crippen LogP contribution in [0.25, 0.3) is 22.1 Å². The van der Waals surface area contributed by atoms with Crippen molar-refractivity contribution in [3.8, 4) is 28.4 Å². The van der Waals surface area contributed by atoms with Gasteiger partial charge in [0, 0.05) is 13.0 Å². The molecule has 0 fully saturated rings. The fourth-order valence-corrected chi connectivity index (χ4v) is 3.47. The lowest BCUT2D eigenvalue weighted by Gasteiger charge is -2.12. The number of rotatable bonds is 5. The minimum atomic E-state index is -0.424. The summed E-state index contributed by atoms with van der Waals surface area (Å²) in [5.41, 5.74) is 2.99. The van der Waals surface area contributed by atoms with Crippen molar-refractivity contribution in [3.63, 3.8) is 0 Å². The molecule has 0 amide bonds. The van der Waals surface area contributed by atoms with E-state index in [0.29, 0.717) is 34.6 Å². The first kappa shape index (κ1) is 20.4. The number of carbonyl (C=O) groups is 1. The van der Waals surface area contributed by atoms with Crippen molar-refractivity contribution in [2.45, 2.75) is 27.2 Å². The number of esters is 1. The zero-order valence-electron chi connectivity index (χ0n) is 17.6. The second-order valence-electron chi connectivity index (χ2n) is 7.21. The zero-order chi connectivity index (χ0) is 22.0. The fourth-order valence-electron chi connectivity index (χ4n) is 3.47. The van der Waals surface area contributed by atoms with Gasteiger partial charge < -0.3 is 13.9 Å². The van der Waals surface area contributed by atoms with Crippen LogP contribution in [-0.2, 0) is 11.2 Å². The summed E-state index contributed by atoms with van der Waals surface area (Å²) in [6, 6.07) is 20.8. The van der Waals surface area contributed by atoms with Gasteiger partial charge in [0.1, 0.15) is 22.8 Å². The van der Waals surface area contributed by atoms with E-state index in [9.17, 15) is 9.59 Å². The molecule has 31 heavy (non-hydrogen) atoms. The highest BCUT2D eigenvalue weighted by Crippen LogP contribution is 2.31. The monoisotopic (exact) mass is 414 g/mol. The third kappa shape index (κ3) is 4.21. The van der Waals surface area contributed by atoms with Crippen LogP contribution in [0.3, 0.4) is 0 Å². The molecule has 3 aromatic carbocycles. The Kier molecular flexibility index (Phi) is 5.58. The Bertz CT molecular complexity index is 1300. The molecule has 0 N–H and O–H groups in total. The van der Waals surface area contributed by atoms with Gasteiger partial charge in [0.15, 0.2) is 0 Å². The van der Waals surface area contributed by atoms with E-state index < -0.39 is 5.97 Å². The van der Waals surface area contributed by atoms with Crippen LogP contribution in [0.5, 0.6) is 17.2 Å². The molecule has 1 heterocycles. The topological polar surface area (TPSA) is 65.7 Å². The first-order chi connectivity index (χ1) is 15.0. The molecular weight excluding hydrogens is 392 g/mol. The van der Waals surface area contributed by atoms with Crippen LogP contribution in [0.1, 0.15) is 25.2 Å². The Balaban J connectivity index is 1.71. The summed E-state index contributed by atoms with van der Waals surface area (Å²) in [5.74, 6) is 1.01. The molecule has 4 rings (SSSR count). The highest BCUT2D eigenvalue weighted by Gasteiger charge is 2.17. The second-order valence-corrected chi connectivity index (χ2v) is 7.21. The van der Waals surface area contributed by atoms with E-state index in [4.69, 9.17) is 13.9 Å². The molecule has 0 aliphatic carbocycles. The van der Waals surface area contributed by atoms with Crippen LogP contribution < -0.4 is 14.9 Å². The van der Waals surface area contributed by atoms with E-state index in [-0.39, 0.29) is 11.2 Å². The van der Waals surface area contributed by atoms with Crippen LogP contribution >= 0.6 is 0 Å². The van der Waals surface area contributed by atoms with Gasteiger partial charge in [-0.2, -0.15) is 0 Å². The van der Waals surface area contributed by atoms with Gasteiger partial charge in [-0.3, -0.25) is 9.59 Å². The summed E-state index contributed by atoms with van der Waals surface area (Å²) in [4.78, 5) is 24.5. The maximum absolute atomic E-state index is 13.2. The summed E-state index contributed by atoms with van der Waals surface area (Å²) in [6.45, 7) is 4.94. The Morgan fingerprint density at radius 2 is 1.65 bits per heavy atom. The molecule has 5 nitrogen and oxygen atoms in total. The summed E-state index contributed by atoms with van der Waals surface area (Å²) in [6.07, 6.45) is 0.600. The molecule has 0 saturated heterocycles. The van der Waals surface area contributed by atoms with Crippen LogP contribution in [0.15, 0.2) is 75.9 Å². The highest BCUT2D eigenvalue weighted by atomic mass is 16.5. The lowest BCUT2D eigenvalue weighted by molar-refractivity contribution is -0.131. The molecule has 0 atom stereocenters. The number of aryl methyl sites for hydroxylation is 2. The maximum Gasteiger partial charge on any atom is 0.308 e. The standard InChI is InChI=1S/C26H22O5/c1-4-18-14-22-24(15-23(18)30-17(3)27)29-16(2)26(25(22)28)31-21-12-10-20(11-13-21)19-8-6-5-7-9-19/h5-15H,4H2,1-3H3. The van der Waals surface area contributed by atoms with Gasteiger partial charge in [-0.05, 0) is 48.2 Å². The van der Waals surface area contributed by atoms with Crippen molar-refractivity contribution in [2.75, 3.05) is 0 Å². The average Bonchev–Trinajstić information content (AvgIpc) is 2.77. The van der Waals surface area contributed by atoms with Crippen LogP contribution in [0, 0.1) is 6.92 Å². The minimum absolute atomic E-state index is 0.141. The SMILES string of the molecule is CCc1cc2c(=O)c(Oc3ccc(-c4ccccc4)cc3)c(C)oc2cc1OC(C)=O. The van der Waals surface area contributed by atoms with Gasteiger partial charge in [0.25, 0.3) is 0 Å². The molecule has 0 bridgehead atoms. The first-order valence-corrected chi connectivity index (χ1v) is 10.1. The largest absolute Gasteiger partial charge is 0.457 e. The number of ether oxygens (including phenoxy) is 2. The third-order valence-electron chi connectivity index (χ3n) is 5.01. The summed E-state index contributed by atoms with van der Waals surface area (Å²) >= 11 is 0. The molecule has 0 aliphatic heterocycles. The van der Waals surface area contributed by atoms with Crippen molar-refractivity contribution < 1.29 is 18.7 Å². The Morgan fingerprint density at radius 1 is 0.968 bits per heavy atom. The quantitative estimate of drug-likeness (QED) is 0.294. The van der Waals surface area contributed by atoms with E-state index in [0.717, 1.165) is 16.7 Å². The number of hydrogen-bond donors (Lipinski definition) is 0. The number of fused-ring (bicyclic) bond motifs is 1. The normalized spacial score (nSPS) is 10.8. The van der Waals surface area contributed by atoms with Crippen LogP contribution in [-0.4, -0.2) is 5.97 Å². The van der Waals surface area contributed by atoms with Crippen molar-refractivity contribution >= 4 is 16.9 Å². The molecule has 0 unspecified atom stereocenters. The van der Waals surface area contributed by atoms with E-state index >= 15 is 0 Å². The highest BCUT2D eigenvalue weighted by molar-refractivity contribution is 5.82. The second kappa shape index (κ2) is 8.48. The first-order valence-electron chi connectivity index (χ1n) is 10.1. The van der Waals surface area contributed by atoms with E-state index in [1.54, 1.807) is 19.1 Å². The predicted molar refractivity (Wildman–Crippen MR) is 120 cm³/mol. The number of benzene rings is 3. The van der Waals surface area contributed by atoms with Crippen molar-refractivity contribution in [2.24, 2.45) is 0 Å². The molecule has 0 spiro atoms. The third-order valence-corrected chi connectivity index (χ3v) is 5.01. The molecule has 156 valence electrons. The number of carbonyl (C=O) groups excluding carboxylic acids is 1. The van der Waals surface area contributed by atoms with E-state index in [2.05, 4.69) is 0 Å².